The van der Waals surface area contributed by atoms with Crippen LogP contribution in [0.4, 0.5) is 11.4 Å². The van der Waals surface area contributed by atoms with E-state index in [0.717, 1.165) is 4.31 Å². The molecule has 1 fully saturated rings. The minimum absolute atomic E-state index is 0.0724. The maximum absolute atomic E-state index is 12.5. The number of hydrogen-bond donors (Lipinski definition) is 2. The molecular weight excluding hydrogens is 298 g/mol. The van der Waals surface area contributed by atoms with Crippen LogP contribution < -0.4 is 10.0 Å². The predicted molar refractivity (Wildman–Crippen MR) is 77.5 cm³/mol. The Bertz CT molecular complexity index is 640. The van der Waals surface area contributed by atoms with Gasteiger partial charge in [0, 0.05) is 25.8 Å². The van der Waals surface area contributed by atoms with Gasteiger partial charge in [0.15, 0.2) is 0 Å². The number of hydrogen-bond acceptors (Lipinski definition) is 5. The Labute approximate surface area is 122 Å². The summed E-state index contributed by atoms with van der Waals surface area (Å²) in [5.74, 6) is -1.23. The average molecular weight is 315 g/mol. The Morgan fingerprint density at radius 2 is 2.00 bits per heavy atom. The van der Waals surface area contributed by atoms with Crippen LogP contribution in [0.2, 0.25) is 0 Å². The molecule has 0 aliphatic carbocycles. The molecule has 1 heterocycles. The number of nitrogens with zero attached hydrogens (tertiary/aromatic N) is 2. The molecule has 1 saturated heterocycles. The largest absolute Gasteiger partial charge is 0.478 e. The van der Waals surface area contributed by atoms with E-state index in [4.69, 9.17) is 10.5 Å². The molecule has 2 rings (SSSR count). The Hall–Kier alpha value is -1.84. The molecule has 1 aliphatic rings. The van der Waals surface area contributed by atoms with Crippen molar-refractivity contribution in [1.29, 1.82) is 0 Å². The van der Waals surface area contributed by atoms with Crippen molar-refractivity contribution in [3.05, 3.63) is 23.8 Å². The van der Waals surface area contributed by atoms with Gasteiger partial charge in [-0.3, -0.25) is 4.31 Å². The first-order valence-electron chi connectivity index (χ1n) is 6.28. The summed E-state index contributed by atoms with van der Waals surface area (Å²) in [6.45, 7) is 1.12. The normalized spacial score (nSPS) is 16.6. The monoisotopic (exact) mass is 315 g/mol. The molecule has 3 N–H and O–H groups in total. The second kappa shape index (κ2) is 5.88. The summed E-state index contributed by atoms with van der Waals surface area (Å²) >= 11 is 0. The first-order valence-corrected chi connectivity index (χ1v) is 7.68. The predicted octanol–water partition coefficient (Wildman–Crippen LogP) is -0.0198. The fourth-order valence-corrected chi connectivity index (χ4v) is 3.44. The van der Waals surface area contributed by atoms with E-state index in [1.807, 2.05) is 0 Å². The van der Waals surface area contributed by atoms with E-state index >= 15 is 0 Å². The molecule has 0 atom stereocenters. The number of carboxylic acids is 1. The molecule has 1 aliphatic heterocycles. The zero-order chi connectivity index (χ0) is 15.6. The molecule has 0 radical (unpaired) electrons. The molecular formula is C12H17N3O5S. The number of carbonyl (C=O) groups is 1. The van der Waals surface area contributed by atoms with Crippen LogP contribution in [0.25, 0.3) is 0 Å². The number of ether oxygens (including phenoxy) is 1. The van der Waals surface area contributed by atoms with Gasteiger partial charge < -0.3 is 15.6 Å². The van der Waals surface area contributed by atoms with Crippen molar-refractivity contribution < 1.29 is 23.1 Å². The summed E-state index contributed by atoms with van der Waals surface area (Å²) in [5.41, 5.74) is 5.73. The smallest absolute Gasteiger partial charge is 0.337 e. The Morgan fingerprint density at radius 3 is 2.57 bits per heavy atom. The molecule has 1 aromatic rings. The highest BCUT2D eigenvalue weighted by Gasteiger charge is 2.30. The Balaban J connectivity index is 2.39. The van der Waals surface area contributed by atoms with E-state index in [0.29, 0.717) is 13.2 Å². The summed E-state index contributed by atoms with van der Waals surface area (Å²) < 4.78 is 32.4. The van der Waals surface area contributed by atoms with Crippen LogP contribution in [0.15, 0.2) is 18.2 Å². The van der Waals surface area contributed by atoms with Crippen LogP contribution in [0.1, 0.15) is 10.4 Å². The molecule has 0 unspecified atom stereocenters. The van der Waals surface area contributed by atoms with Crippen molar-refractivity contribution in [3.8, 4) is 0 Å². The summed E-state index contributed by atoms with van der Waals surface area (Å²) in [6, 6.07) is 4.09. The molecule has 0 bridgehead atoms. The lowest BCUT2D eigenvalue weighted by molar-refractivity contribution is 0.0697. The van der Waals surface area contributed by atoms with E-state index < -0.39 is 16.2 Å². The van der Waals surface area contributed by atoms with Crippen LogP contribution >= 0.6 is 0 Å². The van der Waals surface area contributed by atoms with Crippen LogP contribution in [0, 0.1) is 0 Å². The maximum Gasteiger partial charge on any atom is 0.337 e. The highest BCUT2D eigenvalue weighted by atomic mass is 32.2. The van der Waals surface area contributed by atoms with Gasteiger partial charge in [0.1, 0.15) is 0 Å². The second-order valence-corrected chi connectivity index (χ2v) is 6.53. The topological polar surface area (TPSA) is 113 Å². The zero-order valence-electron chi connectivity index (χ0n) is 11.5. The highest BCUT2D eigenvalue weighted by Crippen LogP contribution is 2.26. The van der Waals surface area contributed by atoms with Crippen LogP contribution in [0.3, 0.4) is 0 Å². The summed E-state index contributed by atoms with van der Waals surface area (Å²) in [5, 5.41) is 9.20. The summed E-state index contributed by atoms with van der Waals surface area (Å²) in [6.07, 6.45) is 0. The molecule has 0 spiro atoms. The van der Waals surface area contributed by atoms with Crippen molar-refractivity contribution in [2.45, 2.75) is 0 Å². The van der Waals surface area contributed by atoms with Gasteiger partial charge in [-0.25, -0.2) is 4.79 Å². The lowest BCUT2D eigenvalue weighted by Gasteiger charge is -2.31. The van der Waals surface area contributed by atoms with Gasteiger partial charge in [-0.05, 0) is 18.2 Å². The number of morpholine rings is 1. The van der Waals surface area contributed by atoms with E-state index in [-0.39, 0.29) is 30.0 Å². The molecule has 0 saturated carbocycles. The fourth-order valence-electron chi connectivity index (χ4n) is 2.07. The minimum Gasteiger partial charge on any atom is -0.478 e. The van der Waals surface area contributed by atoms with Crippen molar-refractivity contribution in [2.75, 3.05) is 43.4 Å². The number of rotatable bonds is 4. The first kappa shape index (κ1) is 15.5. The number of anilines is 2. The van der Waals surface area contributed by atoms with Crippen molar-refractivity contribution >= 4 is 27.6 Å². The number of carboxylic acid groups (broad SMARTS) is 1. The van der Waals surface area contributed by atoms with Crippen molar-refractivity contribution in [3.63, 3.8) is 0 Å². The van der Waals surface area contributed by atoms with Gasteiger partial charge in [-0.15, -0.1) is 0 Å². The van der Waals surface area contributed by atoms with E-state index in [1.165, 1.54) is 29.6 Å². The third kappa shape index (κ3) is 3.09. The van der Waals surface area contributed by atoms with Crippen molar-refractivity contribution in [1.82, 2.24) is 4.31 Å². The summed E-state index contributed by atoms with van der Waals surface area (Å²) in [7, 11) is -2.48. The lowest BCUT2D eigenvalue weighted by atomic mass is 10.1. The molecule has 8 nitrogen and oxygen atoms in total. The number of benzene rings is 1. The van der Waals surface area contributed by atoms with Gasteiger partial charge in [0.2, 0.25) is 0 Å². The van der Waals surface area contributed by atoms with Crippen LogP contribution in [-0.4, -0.2) is 57.1 Å². The molecule has 1 aromatic carbocycles. The number of aromatic carboxylic acids is 1. The van der Waals surface area contributed by atoms with E-state index in [9.17, 15) is 18.3 Å². The van der Waals surface area contributed by atoms with Crippen molar-refractivity contribution in [2.24, 2.45) is 0 Å². The zero-order valence-corrected chi connectivity index (χ0v) is 12.3. The molecule has 0 aromatic heterocycles. The molecule has 116 valence electrons. The third-order valence-electron chi connectivity index (χ3n) is 3.23. The fraction of sp³-hybridized carbons (Fsp3) is 0.417. The van der Waals surface area contributed by atoms with Gasteiger partial charge in [0.25, 0.3) is 0 Å². The SMILES string of the molecule is CN(c1ccc(N)cc1C(=O)O)S(=O)(=O)N1CCOCC1. The van der Waals surface area contributed by atoms with Gasteiger partial charge in [0.05, 0.1) is 24.5 Å². The minimum atomic E-state index is -3.80. The maximum atomic E-state index is 12.5. The molecule has 0 amide bonds. The number of nitrogen functional groups attached to an aromatic ring is 1. The Kier molecular flexibility index (Phi) is 4.35. The number of nitrogens with two attached hydrogens (primary N) is 1. The van der Waals surface area contributed by atoms with E-state index in [2.05, 4.69) is 0 Å². The van der Waals surface area contributed by atoms with Gasteiger partial charge in [-0.1, -0.05) is 0 Å². The Morgan fingerprint density at radius 1 is 1.38 bits per heavy atom. The van der Waals surface area contributed by atoms with E-state index in [1.54, 1.807) is 0 Å². The van der Waals surface area contributed by atoms with Gasteiger partial charge >= 0.3 is 16.2 Å². The molecule has 21 heavy (non-hydrogen) atoms. The summed E-state index contributed by atoms with van der Waals surface area (Å²) in [4.78, 5) is 11.3. The average Bonchev–Trinajstić information content (AvgIpc) is 2.47. The van der Waals surface area contributed by atoms with Crippen LogP contribution in [-0.2, 0) is 14.9 Å². The quantitative estimate of drug-likeness (QED) is 0.755. The second-order valence-electron chi connectivity index (χ2n) is 4.57. The first-order chi connectivity index (χ1) is 9.84. The molecule has 9 heteroatoms. The third-order valence-corrected chi connectivity index (χ3v) is 5.14. The van der Waals surface area contributed by atoms with Gasteiger partial charge in [-0.2, -0.15) is 12.7 Å². The lowest BCUT2D eigenvalue weighted by Crippen LogP contribution is -2.47. The van der Waals surface area contributed by atoms with Crippen LogP contribution in [0.5, 0.6) is 0 Å². The standard InChI is InChI=1S/C12H17N3O5S/c1-14(21(18,19)15-4-6-20-7-5-15)11-3-2-9(13)8-10(11)12(16)17/h2-3,8H,4-7,13H2,1H3,(H,16,17). The highest BCUT2D eigenvalue weighted by molar-refractivity contribution is 7.90.